The van der Waals surface area contributed by atoms with Gasteiger partial charge < -0.3 is 10.2 Å². The second kappa shape index (κ2) is 5.10. The third-order valence-corrected chi connectivity index (χ3v) is 3.51. The van der Waals surface area contributed by atoms with Gasteiger partial charge in [0.15, 0.2) is 0 Å². The van der Waals surface area contributed by atoms with Crippen LogP contribution >= 0.6 is 11.8 Å². The smallest absolute Gasteiger partial charge is 0.304 e. The molecule has 2 aromatic rings. The van der Waals surface area contributed by atoms with Crippen molar-refractivity contribution in [3.8, 4) is 5.75 Å². The van der Waals surface area contributed by atoms with Crippen molar-refractivity contribution in [1.29, 1.82) is 0 Å². The van der Waals surface area contributed by atoms with Crippen molar-refractivity contribution in [2.24, 2.45) is 0 Å². The van der Waals surface area contributed by atoms with Gasteiger partial charge in [0.1, 0.15) is 5.75 Å². The number of aromatic hydroxyl groups is 1. The van der Waals surface area contributed by atoms with E-state index in [4.69, 9.17) is 5.11 Å². The van der Waals surface area contributed by atoms with E-state index in [9.17, 15) is 9.90 Å². The molecule has 0 saturated carbocycles. The molecule has 0 aliphatic rings. The fourth-order valence-electron chi connectivity index (χ4n) is 1.63. The van der Waals surface area contributed by atoms with Crippen molar-refractivity contribution in [2.45, 2.75) is 11.3 Å². The number of carboxylic acid groups (broad SMARTS) is 1. The first-order valence-electron chi connectivity index (χ1n) is 5.24. The summed E-state index contributed by atoms with van der Waals surface area (Å²) in [6.07, 6.45) is 0.139. The zero-order valence-electron chi connectivity index (χ0n) is 9.09. The second-order valence-corrected chi connectivity index (χ2v) is 4.76. The van der Waals surface area contributed by atoms with Gasteiger partial charge in [-0.3, -0.25) is 4.79 Å². The van der Waals surface area contributed by atoms with E-state index in [1.165, 1.54) is 11.8 Å². The van der Waals surface area contributed by atoms with Gasteiger partial charge in [0.2, 0.25) is 0 Å². The van der Waals surface area contributed by atoms with Gasteiger partial charge in [0.25, 0.3) is 0 Å². The second-order valence-electron chi connectivity index (χ2n) is 3.62. The molecule has 0 unspecified atom stereocenters. The number of aliphatic carboxylic acids is 1. The number of carboxylic acids is 1. The number of carbonyl (C=O) groups is 1. The van der Waals surface area contributed by atoms with E-state index < -0.39 is 5.97 Å². The quantitative estimate of drug-likeness (QED) is 0.816. The van der Waals surface area contributed by atoms with Crippen molar-refractivity contribution in [3.05, 3.63) is 36.4 Å². The van der Waals surface area contributed by atoms with Crippen LogP contribution in [0.4, 0.5) is 0 Å². The van der Waals surface area contributed by atoms with Crippen LogP contribution in [-0.2, 0) is 4.79 Å². The van der Waals surface area contributed by atoms with Gasteiger partial charge in [0, 0.05) is 16.0 Å². The number of benzene rings is 2. The Morgan fingerprint density at radius 1 is 1.12 bits per heavy atom. The van der Waals surface area contributed by atoms with E-state index in [0.717, 1.165) is 15.7 Å². The molecular weight excluding hydrogens is 236 g/mol. The number of rotatable bonds is 4. The minimum absolute atomic E-state index is 0.139. The summed E-state index contributed by atoms with van der Waals surface area (Å²) in [6, 6.07) is 11.0. The average molecular weight is 248 g/mol. The molecule has 0 aliphatic heterocycles. The Labute approximate surface area is 103 Å². The summed E-state index contributed by atoms with van der Waals surface area (Å²) < 4.78 is 0. The predicted octanol–water partition coefficient (Wildman–Crippen LogP) is 3.11. The fraction of sp³-hybridized carbons (Fsp3) is 0.154. The van der Waals surface area contributed by atoms with Crippen LogP contribution in [0.3, 0.4) is 0 Å². The van der Waals surface area contributed by atoms with E-state index in [2.05, 4.69) is 0 Å². The Morgan fingerprint density at radius 3 is 2.53 bits per heavy atom. The third-order valence-electron chi connectivity index (χ3n) is 2.43. The lowest BCUT2D eigenvalue weighted by atomic mass is 10.1. The van der Waals surface area contributed by atoms with Gasteiger partial charge in [-0.15, -0.1) is 11.8 Å². The molecule has 4 heteroatoms. The van der Waals surface area contributed by atoms with Gasteiger partial charge in [-0.05, 0) is 17.5 Å². The molecule has 0 fully saturated rings. The maximum Gasteiger partial charge on any atom is 0.304 e. The lowest BCUT2D eigenvalue weighted by Crippen LogP contribution is -1.95. The van der Waals surface area contributed by atoms with Gasteiger partial charge in [-0.25, -0.2) is 0 Å². The summed E-state index contributed by atoms with van der Waals surface area (Å²) in [6.45, 7) is 0. The van der Waals surface area contributed by atoms with E-state index in [0.29, 0.717) is 5.75 Å². The molecule has 0 atom stereocenters. The molecule has 88 valence electrons. The normalized spacial score (nSPS) is 10.6. The highest BCUT2D eigenvalue weighted by Gasteiger charge is 2.06. The maximum atomic E-state index is 10.5. The van der Waals surface area contributed by atoms with Crippen molar-refractivity contribution in [1.82, 2.24) is 0 Å². The van der Waals surface area contributed by atoms with Crippen LogP contribution in [0.2, 0.25) is 0 Å². The molecule has 0 bridgehead atoms. The lowest BCUT2D eigenvalue weighted by Gasteiger charge is -2.06. The Balaban J connectivity index is 2.28. The molecule has 3 nitrogen and oxygen atoms in total. The Hall–Kier alpha value is -1.68. The molecule has 0 heterocycles. The SMILES string of the molecule is O=C(O)CCSc1ccc(O)c2ccccc12. The summed E-state index contributed by atoms with van der Waals surface area (Å²) in [4.78, 5) is 11.5. The van der Waals surface area contributed by atoms with E-state index in [1.54, 1.807) is 6.07 Å². The van der Waals surface area contributed by atoms with Gasteiger partial charge >= 0.3 is 5.97 Å². The molecule has 17 heavy (non-hydrogen) atoms. The zero-order chi connectivity index (χ0) is 12.3. The monoisotopic (exact) mass is 248 g/mol. The van der Waals surface area contributed by atoms with Crippen LogP contribution in [0, 0.1) is 0 Å². The van der Waals surface area contributed by atoms with Crippen LogP contribution in [0.25, 0.3) is 10.8 Å². The van der Waals surface area contributed by atoms with Crippen LogP contribution in [0.5, 0.6) is 5.75 Å². The van der Waals surface area contributed by atoms with Gasteiger partial charge in [-0.2, -0.15) is 0 Å². The molecule has 0 amide bonds. The summed E-state index contributed by atoms with van der Waals surface area (Å²) in [5.41, 5.74) is 0. The number of thioether (sulfide) groups is 1. The molecule has 0 saturated heterocycles. The molecule has 0 spiro atoms. The number of phenols is 1. The summed E-state index contributed by atoms with van der Waals surface area (Å²) in [5, 5.41) is 20.1. The highest BCUT2D eigenvalue weighted by atomic mass is 32.2. The first-order chi connectivity index (χ1) is 8.18. The molecule has 0 radical (unpaired) electrons. The number of hydrogen-bond donors (Lipinski definition) is 2. The van der Waals surface area contributed by atoms with Crippen molar-refractivity contribution >= 4 is 28.5 Å². The summed E-state index contributed by atoms with van der Waals surface area (Å²) in [7, 11) is 0. The highest BCUT2D eigenvalue weighted by Crippen LogP contribution is 2.33. The lowest BCUT2D eigenvalue weighted by molar-refractivity contribution is -0.136. The van der Waals surface area contributed by atoms with Crippen molar-refractivity contribution in [3.63, 3.8) is 0 Å². The van der Waals surface area contributed by atoms with Crippen molar-refractivity contribution < 1.29 is 15.0 Å². The van der Waals surface area contributed by atoms with E-state index in [1.807, 2.05) is 30.3 Å². The van der Waals surface area contributed by atoms with Crippen molar-refractivity contribution in [2.75, 3.05) is 5.75 Å². The Morgan fingerprint density at radius 2 is 1.82 bits per heavy atom. The Kier molecular flexibility index (Phi) is 3.54. The first-order valence-corrected chi connectivity index (χ1v) is 6.22. The number of phenolic OH excluding ortho intramolecular Hbond substituents is 1. The molecule has 2 aromatic carbocycles. The highest BCUT2D eigenvalue weighted by molar-refractivity contribution is 7.99. The van der Waals surface area contributed by atoms with Crippen LogP contribution in [0.15, 0.2) is 41.3 Å². The van der Waals surface area contributed by atoms with Crippen LogP contribution in [0.1, 0.15) is 6.42 Å². The minimum Gasteiger partial charge on any atom is -0.507 e. The average Bonchev–Trinajstić information content (AvgIpc) is 2.32. The predicted molar refractivity (Wildman–Crippen MR) is 68.6 cm³/mol. The molecule has 0 aromatic heterocycles. The Bertz CT molecular complexity index is 551. The third kappa shape index (κ3) is 2.71. The van der Waals surface area contributed by atoms with Gasteiger partial charge in [-0.1, -0.05) is 24.3 Å². The van der Waals surface area contributed by atoms with E-state index in [-0.39, 0.29) is 12.2 Å². The van der Waals surface area contributed by atoms with E-state index >= 15 is 0 Å². The standard InChI is InChI=1S/C13H12O3S/c14-11-5-6-12(17-8-7-13(15)16)10-4-2-1-3-9(10)11/h1-6,14H,7-8H2,(H,15,16). The zero-order valence-corrected chi connectivity index (χ0v) is 9.91. The maximum absolute atomic E-state index is 10.5. The summed E-state index contributed by atoms with van der Waals surface area (Å²) in [5.74, 6) is -0.00633. The minimum atomic E-state index is -0.791. The van der Waals surface area contributed by atoms with Crippen LogP contribution in [-0.4, -0.2) is 21.9 Å². The van der Waals surface area contributed by atoms with Crippen LogP contribution < -0.4 is 0 Å². The first kappa shape index (κ1) is 11.8. The molecular formula is C13H12O3S. The van der Waals surface area contributed by atoms with Gasteiger partial charge in [0.05, 0.1) is 6.42 Å². The topological polar surface area (TPSA) is 57.5 Å². The fourth-order valence-corrected chi connectivity index (χ4v) is 2.62. The largest absolute Gasteiger partial charge is 0.507 e. The molecule has 0 aliphatic carbocycles. The number of fused-ring (bicyclic) bond motifs is 1. The molecule has 2 rings (SSSR count). The molecule has 2 N–H and O–H groups in total. The summed E-state index contributed by atoms with van der Waals surface area (Å²) >= 11 is 1.50. The number of hydrogen-bond acceptors (Lipinski definition) is 3.